The highest BCUT2D eigenvalue weighted by atomic mass is 79.9. The van der Waals surface area contributed by atoms with E-state index in [1.54, 1.807) is 13.0 Å². The topological polar surface area (TPSA) is 63.4 Å². The molecule has 0 spiro atoms. The Kier molecular flexibility index (Phi) is 3.02. The van der Waals surface area contributed by atoms with Crippen LogP contribution in [0.1, 0.15) is 33.9 Å². The summed E-state index contributed by atoms with van der Waals surface area (Å²) in [5.41, 5.74) is 4.36. The van der Waals surface area contributed by atoms with E-state index in [4.69, 9.17) is 4.52 Å². The predicted molar refractivity (Wildman–Crippen MR) is 105 cm³/mol. The maximum absolute atomic E-state index is 13.6. The zero-order valence-electron chi connectivity index (χ0n) is 14.9. The summed E-state index contributed by atoms with van der Waals surface area (Å²) in [4.78, 5) is 28.3. The molecule has 138 valence electrons. The van der Waals surface area contributed by atoms with Crippen LogP contribution in [0, 0.1) is 18.8 Å². The number of rotatable bonds is 1. The van der Waals surface area contributed by atoms with Gasteiger partial charge in [0.1, 0.15) is 5.76 Å². The summed E-state index contributed by atoms with van der Waals surface area (Å²) in [6, 6.07) is 17.9. The first-order chi connectivity index (χ1) is 13.5. The summed E-state index contributed by atoms with van der Waals surface area (Å²) >= 11 is 3.97. The van der Waals surface area contributed by atoms with Gasteiger partial charge in [-0.1, -0.05) is 69.6 Å². The quantitative estimate of drug-likeness (QED) is 0.430. The van der Waals surface area contributed by atoms with E-state index in [9.17, 15) is 9.59 Å². The molecule has 2 bridgehead atoms. The van der Waals surface area contributed by atoms with Gasteiger partial charge in [0.25, 0.3) is 0 Å². The number of hydrogen-bond acceptors (Lipinski definition) is 4. The molecule has 4 aliphatic rings. The molecule has 2 amide bonds. The van der Waals surface area contributed by atoms with Crippen LogP contribution in [-0.4, -0.2) is 17.0 Å². The highest BCUT2D eigenvalue weighted by molar-refractivity contribution is 9.09. The van der Waals surface area contributed by atoms with Gasteiger partial charge in [0.05, 0.1) is 16.2 Å². The van der Waals surface area contributed by atoms with Crippen molar-refractivity contribution in [2.75, 3.05) is 4.90 Å². The van der Waals surface area contributed by atoms with Gasteiger partial charge in [0.2, 0.25) is 11.8 Å². The number of halogens is 1. The first kappa shape index (κ1) is 16.2. The summed E-state index contributed by atoms with van der Waals surface area (Å²) < 4.78 is 4.40. The van der Waals surface area contributed by atoms with Gasteiger partial charge in [0.15, 0.2) is 5.82 Å². The number of benzene rings is 2. The third-order valence-corrected chi connectivity index (χ3v) is 7.71. The van der Waals surface area contributed by atoms with Gasteiger partial charge in [-0.25, -0.2) is 4.90 Å². The van der Waals surface area contributed by atoms with Crippen molar-refractivity contribution < 1.29 is 14.1 Å². The summed E-state index contributed by atoms with van der Waals surface area (Å²) in [6.07, 6.45) is 0. The standard InChI is InChI=1S/C22H15BrN2O3/c1-11-10-16(24-28-11)25-20(26)18-17-12-6-2-4-8-14(12)22(23,19(18)21(25)27)15-9-5-3-7-13(15)17/h2-10,17-19H,1H3/t17?,18-,19-,22?/m0/s1. The Morgan fingerprint density at radius 3 is 2.18 bits per heavy atom. The molecule has 6 heteroatoms. The number of imide groups is 1. The second kappa shape index (κ2) is 5.20. The van der Waals surface area contributed by atoms with Crippen molar-refractivity contribution >= 4 is 33.6 Å². The van der Waals surface area contributed by atoms with Crippen molar-refractivity contribution in [1.82, 2.24) is 5.16 Å². The lowest BCUT2D eigenvalue weighted by molar-refractivity contribution is -0.122. The highest BCUT2D eigenvalue weighted by Gasteiger charge is 2.67. The fourth-order valence-corrected chi connectivity index (χ4v) is 6.57. The lowest BCUT2D eigenvalue weighted by Crippen LogP contribution is -2.50. The van der Waals surface area contributed by atoms with Crippen LogP contribution in [0.25, 0.3) is 0 Å². The fourth-order valence-electron chi connectivity index (χ4n) is 5.36. The summed E-state index contributed by atoms with van der Waals surface area (Å²) in [7, 11) is 0. The van der Waals surface area contributed by atoms with Crippen LogP contribution < -0.4 is 4.90 Å². The van der Waals surface area contributed by atoms with Crippen LogP contribution >= 0.6 is 15.9 Å². The van der Waals surface area contributed by atoms with E-state index in [1.807, 2.05) is 24.3 Å². The average Bonchev–Trinajstić information content (AvgIpc) is 3.24. The highest BCUT2D eigenvalue weighted by Crippen LogP contribution is 2.66. The Balaban J connectivity index is 1.64. The van der Waals surface area contributed by atoms with Crippen molar-refractivity contribution in [1.29, 1.82) is 0 Å². The second-order valence-electron chi connectivity index (χ2n) is 7.68. The Morgan fingerprint density at radius 1 is 1.00 bits per heavy atom. The Morgan fingerprint density at radius 2 is 1.61 bits per heavy atom. The minimum Gasteiger partial charge on any atom is -0.360 e. The number of carbonyl (C=O) groups is 2. The molecular weight excluding hydrogens is 420 g/mol. The van der Waals surface area contributed by atoms with E-state index < -0.39 is 16.2 Å². The van der Waals surface area contributed by atoms with Crippen LogP contribution in [0.5, 0.6) is 0 Å². The summed E-state index contributed by atoms with van der Waals surface area (Å²) in [5, 5.41) is 3.94. The molecule has 0 radical (unpaired) electrons. The fraction of sp³-hybridized carbons (Fsp3) is 0.227. The molecule has 2 aromatic carbocycles. The van der Waals surface area contributed by atoms with E-state index in [1.165, 1.54) is 4.90 Å². The maximum Gasteiger partial charge on any atom is 0.241 e. The van der Waals surface area contributed by atoms with Gasteiger partial charge in [-0.2, -0.15) is 0 Å². The van der Waals surface area contributed by atoms with Gasteiger partial charge >= 0.3 is 0 Å². The van der Waals surface area contributed by atoms with E-state index in [-0.39, 0.29) is 23.6 Å². The molecule has 5 nitrogen and oxygen atoms in total. The molecule has 3 aliphatic carbocycles. The van der Waals surface area contributed by atoms with Crippen molar-refractivity contribution in [3.63, 3.8) is 0 Å². The number of hydrogen-bond donors (Lipinski definition) is 0. The van der Waals surface area contributed by atoms with Crippen LogP contribution in [0.3, 0.4) is 0 Å². The van der Waals surface area contributed by atoms with Gasteiger partial charge in [-0.05, 0) is 29.2 Å². The summed E-state index contributed by atoms with van der Waals surface area (Å²) in [5.74, 6) is -0.735. The maximum atomic E-state index is 13.6. The summed E-state index contributed by atoms with van der Waals surface area (Å²) in [6.45, 7) is 1.75. The lowest BCUT2D eigenvalue weighted by Gasteiger charge is -2.51. The zero-order chi connectivity index (χ0) is 19.2. The molecule has 1 fully saturated rings. The second-order valence-corrected chi connectivity index (χ2v) is 8.93. The van der Waals surface area contributed by atoms with E-state index in [0.29, 0.717) is 5.76 Å². The predicted octanol–water partition coefficient (Wildman–Crippen LogP) is 3.89. The first-order valence-electron chi connectivity index (χ1n) is 9.22. The Bertz CT molecular complexity index is 1140. The van der Waals surface area contributed by atoms with Crippen molar-refractivity contribution in [3.8, 4) is 0 Å². The van der Waals surface area contributed by atoms with E-state index in [2.05, 4.69) is 45.4 Å². The Labute approximate surface area is 169 Å². The minimum atomic E-state index is -0.736. The molecule has 3 aromatic rings. The lowest BCUT2D eigenvalue weighted by atomic mass is 9.55. The van der Waals surface area contributed by atoms with Crippen LogP contribution in [-0.2, 0) is 13.9 Å². The molecule has 2 atom stereocenters. The van der Waals surface area contributed by atoms with E-state index in [0.717, 1.165) is 22.3 Å². The van der Waals surface area contributed by atoms with Crippen LogP contribution in [0.15, 0.2) is 59.1 Å². The zero-order valence-corrected chi connectivity index (χ0v) is 16.5. The molecule has 0 unspecified atom stereocenters. The van der Waals surface area contributed by atoms with Gasteiger partial charge < -0.3 is 4.52 Å². The number of alkyl halides is 1. The number of carbonyl (C=O) groups excluding carboxylic acids is 2. The number of anilines is 1. The van der Waals surface area contributed by atoms with Crippen molar-refractivity contribution in [2.45, 2.75) is 17.2 Å². The monoisotopic (exact) mass is 434 g/mol. The number of nitrogens with zero attached hydrogens (tertiary/aromatic N) is 2. The van der Waals surface area contributed by atoms with Crippen LogP contribution in [0.4, 0.5) is 5.82 Å². The first-order valence-corrected chi connectivity index (χ1v) is 10.0. The van der Waals surface area contributed by atoms with E-state index >= 15 is 0 Å². The number of aryl methyl sites for hydroxylation is 1. The van der Waals surface area contributed by atoms with Crippen LogP contribution in [0.2, 0.25) is 0 Å². The molecule has 2 heterocycles. The van der Waals surface area contributed by atoms with Gasteiger partial charge in [-0.3, -0.25) is 9.59 Å². The SMILES string of the molecule is Cc1cc(N2C(=O)[C@@H]3[C@@H](C2=O)C2c4ccccc4C3(Br)c3ccccc32)no1. The molecule has 0 saturated carbocycles. The smallest absolute Gasteiger partial charge is 0.241 e. The number of aromatic nitrogens is 1. The third-order valence-electron chi connectivity index (χ3n) is 6.36. The van der Waals surface area contributed by atoms with Gasteiger partial charge in [0, 0.05) is 12.0 Å². The molecule has 0 N–H and O–H groups in total. The number of amides is 2. The van der Waals surface area contributed by atoms with Crippen molar-refractivity contribution in [2.24, 2.45) is 11.8 Å². The molecule has 1 saturated heterocycles. The Hall–Kier alpha value is -2.73. The largest absolute Gasteiger partial charge is 0.360 e. The normalized spacial score (nSPS) is 29.6. The van der Waals surface area contributed by atoms with Crippen molar-refractivity contribution in [3.05, 3.63) is 82.6 Å². The molecule has 7 rings (SSSR count). The average molecular weight is 435 g/mol. The molecule has 1 aromatic heterocycles. The minimum absolute atomic E-state index is 0.147. The molecule has 28 heavy (non-hydrogen) atoms. The molecule has 1 aliphatic heterocycles. The third kappa shape index (κ3) is 1.71. The molecular formula is C22H15BrN2O3. The van der Waals surface area contributed by atoms with Gasteiger partial charge in [-0.15, -0.1) is 0 Å².